The molecule has 0 aromatic heterocycles. The van der Waals surface area contributed by atoms with Gasteiger partial charge in [0.15, 0.2) is 0 Å². The van der Waals surface area contributed by atoms with E-state index >= 15 is 0 Å². The molecular weight excluding hydrogens is 164 g/mol. The van der Waals surface area contributed by atoms with Crippen molar-refractivity contribution in [3.8, 4) is 0 Å². The van der Waals surface area contributed by atoms with E-state index in [1.54, 1.807) is 0 Å². The van der Waals surface area contributed by atoms with Crippen LogP contribution < -0.4 is 0 Å². The molecule has 1 unspecified atom stereocenters. The zero-order chi connectivity index (χ0) is 9.10. The van der Waals surface area contributed by atoms with Crippen LogP contribution in [0.2, 0.25) is 0 Å². The van der Waals surface area contributed by atoms with E-state index in [-0.39, 0.29) is 12.1 Å². The Morgan fingerprint density at radius 2 is 2.31 bits per heavy atom. The zero-order valence-corrected chi connectivity index (χ0v) is 7.66. The molecule has 1 saturated heterocycles. The summed E-state index contributed by atoms with van der Waals surface area (Å²) in [5, 5.41) is 0. The number of hydrogen-bond acceptors (Lipinski definition) is 2. The molecule has 0 bridgehead atoms. The van der Waals surface area contributed by atoms with Crippen LogP contribution in [-0.2, 0) is 9.53 Å². The Bertz CT molecular complexity index is 263. The molecule has 0 aromatic rings. The van der Waals surface area contributed by atoms with Crippen molar-refractivity contribution in [3.63, 3.8) is 0 Å². The second-order valence-corrected chi connectivity index (χ2v) is 3.55. The molecule has 70 valence electrons. The van der Waals surface area contributed by atoms with Gasteiger partial charge >= 0.3 is 5.97 Å². The molecule has 0 amide bonds. The fraction of sp³-hybridized carbons (Fsp3) is 0.545. The van der Waals surface area contributed by atoms with Crippen LogP contribution in [0, 0.1) is 0 Å². The molecule has 0 spiro atoms. The summed E-state index contributed by atoms with van der Waals surface area (Å²) in [6.45, 7) is 0. The van der Waals surface area contributed by atoms with Crippen molar-refractivity contribution in [2.75, 3.05) is 0 Å². The summed E-state index contributed by atoms with van der Waals surface area (Å²) >= 11 is 0. The maximum Gasteiger partial charge on any atom is 0.306 e. The van der Waals surface area contributed by atoms with Crippen molar-refractivity contribution in [1.82, 2.24) is 0 Å². The molecule has 0 saturated carbocycles. The van der Waals surface area contributed by atoms with E-state index in [1.165, 1.54) is 5.57 Å². The van der Waals surface area contributed by atoms with Crippen molar-refractivity contribution >= 4 is 5.97 Å². The van der Waals surface area contributed by atoms with Crippen molar-refractivity contribution in [2.24, 2.45) is 0 Å². The highest BCUT2D eigenvalue weighted by Crippen LogP contribution is 2.24. The van der Waals surface area contributed by atoms with Gasteiger partial charge in [-0.15, -0.1) is 0 Å². The number of esters is 1. The largest absolute Gasteiger partial charge is 0.457 e. The highest BCUT2D eigenvalue weighted by atomic mass is 16.5. The molecule has 0 aromatic carbocycles. The second kappa shape index (κ2) is 3.77. The topological polar surface area (TPSA) is 26.3 Å². The van der Waals surface area contributed by atoms with Crippen molar-refractivity contribution in [1.29, 1.82) is 0 Å². The first-order valence-electron chi connectivity index (χ1n) is 4.92. The Kier molecular flexibility index (Phi) is 2.48. The van der Waals surface area contributed by atoms with E-state index < -0.39 is 0 Å². The van der Waals surface area contributed by atoms with E-state index in [0.717, 1.165) is 25.7 Å². The Labute approximate surface area is 78.3 Å². The molecule has 1 heterocycles. The monoisotopic (exact) mass is 178 g/mol. The lowest BCUT2D eigenvalue weighted by Gasteiger charge is -2.24. The summed E-state index contributed by atoms with van der Waals surface area (Å²) in [6, 6.07) is 0. The first-order chi connectivity index (χ1) is 6.36. The molecule has 2 rings (SSSR count). The fourth-order valence-electron chi connectivity index (χ4n) is 1.82. The van der Waals surface area contributed by atoms with E-state index in [4.69, 9.17) is 4.74 Å². The van der Waals surface area contributed by atoms with Gasteiger partial charge in [-0.1, -0.05) is 18.2 Å². The lowest BCUT2D eigenvalue weighted by atomic mass is 9.97. The summed E-state index contributed by atoms with van der Waals surface area (Å²) in [6.07, 6.45) is 11.2. The molecule has 1 atom stereocenters. The maximum absolute atomic E-state index is 11.0. The van der Waals surface area contributed by atoms with E-state index in [0.29, 0.717) is 6.42 Å². The summed E-state index contributed by atoms with van der Waals surface area (Å²) in [5.74, 6) is -0.0453. The van der Waals surface area contributed by atoms with Gasteiger partial charge in [-0.2, -0.15) is 0 Å². The number of carbonyl (C=O) groups excluding carboxylic acids is 1. The van der Waals surface area contributed by atoms with Gasteiger partial charge < -0.3 is 4.74 Å². The summed E-state index contributed by atoms with van der Waals surface area (Å²) in [7, 11) is 0. The molecule has 1 aliphatic carbocycles. The van der Waals surface area contributed by atoms with Crippen LogP contribution in [0.1, 0.15) is 32.1 Å². The van der Waals surface area contributed by atoms with Crippen LogP contribution in [0.25, 0.3) is 0 Å². The molecule has 2 aliphatic rings. The van der Waals surface area contributed by atoms with Crippen LogP contribution in [0.4, 0.5) is 0 Å². The third-order valence-corrected chi connectivity index (χ3v) is 2.52. The van der Waals surface area contributed by atoms with Gasteiger partial charge in [0.1, 0.15) is 6.10 Å². The molecule has 2 heteroatoms. The SMILES string of the molecule is O=C1CCCC(C2=CCCC=C2)O1. The Balaban J connectivity index is 2.03. The van der Waals surface area contributed by atoms with Crippen molar-refractivity contribution in [2.45, 2.75) is 38.2 Å². The standard InChI is InChI=1S/C11H14O2/c12-11-8-4-7-10(13-11)9-5-2-1-3-6-9/h2,5-6,10H,1,3-4,7-8H2. The van der Waals surface area contributed by atoms with Gasteiger partial charge in [-0.25, -0.2) is 0 Å². The lowest BCUT2D eigenvalue weighted by Crippen LogP contribution is -2.25. The maximum atomic E-state index is 11.0. The van der Waals surface area contributed by atoms with Crippen molar-refractivity contribution < 1.29 is 9.53 Å². The highest BCUT2D eigenvalue weighted by molar-refractivity contribution is 5.70. The van der Waals surface area contributed by atoms with Crippen molar-refractivity contribution in [3.05, 3.63) is 23.8 Å². The summed E-state index contributed by atoms with van der Waals surface area (Å²) in [5.41, 5.74) is 1.19. The van der Waals surface area contributed by atoms with Crippen LogP contribution in [0.5, 0.6) is 0 Å². The predicted octanol–water partition coefficient (Wildman–Crippen LogP) is 2.36. The van der Waals surface area contributed by atoms with Gasteiger partial charge in [0.2, 0.25) is 0 Å². The lowest BCUT2D eigenvalue weighted by molar-refractivity contribution is -0.151. The Morgan fingerprint density at radius 3 is 3.00 bits per heavy atom. The molecule has 13 heavy (non-hydrogen) atoms. The third-order valence-electron chi connectivity index (χ3n) is 2.52. The minimum atomic E-state index is -0.0453. The quantitative estimate of drug-likeness (QED) is 0.576. The number of hydrogen-bond donors (Lipinski definition) is 0. The Morgan fingerprint density at radius 1 is 1.38 bits per heavy atom. The zero-order valence-electron chi connectivity index (χ0n) is 7.66. The summed E-state index contributed by atoms with van der Waals surface area (Å²) in [4.78, 5) is 11.0. The highest BCUT2D eigenvalue weighted by Gasteiger charge is 2.22. The van der Waals surface area contributed by atoms with Crippen LogP contribution >= 0.6 is 0 Å². The van der Waals surface area contributed by atoms with Crippen LogP contribution in [0.3, 0.4) is 0 Å². The first kappa shape index (κ1) is 8.54. The molecule has 0 N–H and O–H groups in total. The first-order valence-corrected chi connectivity index (χ1v) is 4.92. The van der Waals surface area contributed by atoms with Gasteiger partial charge in [-0.05, 0) is 31.3 Å². The van der Waals surface area contributed by atoms with E-state index in [9.17, 15) is 4.79 Å². The van der Waals surface area contributed by atoms with Gasteiger partial charge in [0, 0.05) is 6.42 Å². The van der Waals surface area contributed by atoms with Crippen LogP contribution in [-0.4, -0.2) is 12.1 Å². The number of allylic oxidation sites excluding steroid dienone is 2. The second-order valence-electron chi connectivity index (χ2n) is 3.55. The molecule has 1 fully saturated rings. The van der Waals surface area contributed by atoms with Crippen LogP contribution in [0.15, 0.2) is 23.8 Å². The number of cyclic esters (lactones) is 1. The van der Waals surface area contributed by atoms with E-state index in [2.05, 4.69) is 18.2 Å². The Hall–Kier alpha value is -1.05. The number of rotatable bonds is 1. The average molecular weight is 178 g/mol. The number of ether oxygens (including phenoxy) is 1. The molecule has 0 radical (unpaired) electrons. The molecular formula is C11H14O2. The minimum absolute atomic E-state index is 0.0396. The van der Waals surface area contributed by atoms with Gasteiger partial charge in [0.05, 0.1) is 0 Å². The minimum Gasteiger partial charge on any atom is -0.457 e. The predicted molar refractivity (Wildman–Crippen MR) is 50.2 cm³/mol. The fourth-order valence-corrected chi connectivity index (χ4v) is 1.82. The van der Waals surface area contributed by atoms with E-state index in [1.807, 2.05) is 0 Å². The molecule has 2 nitrogen and oxygen atoms in total. The van der Waals surface area contributed by atoms with Gasteiger partial charge in [0.25, 0.3) is 0 Å². The molecule has 1 aliphatic heterocycles. The normalized spacial score (nSPS) is 28.2. The average Bonchev–Trinajstić information content (AvgIpc) is 2.19. The number of carbonyl (C=O) groups is 1. The smallest absolute Gasteiger partial charge is 0.306 e. The van der Waals surface area contributed by atoms with Gasteiger partial charge in [-0.3, -0.25) is 4.79 Å². The third kappa shape index (κ3) is 2.00. The summed E-state index contributed by atoms with van der Waals surface area (Å²) < 4.78 is 5.27.